The van der Waals surface area contributed by atoms with Gasteiger partial charge in [-0.25, -0.2) is 9.37 Å². The molecule has 0 saturated carbocycles. The number of hydrogen-bond acceptors (Lipinski definition) is 5. The molecular weight excluding hydrogens is 435 g/mol. The first kappa shape index (κ1) is 24.3. The predicted octanol–water partition coefficient (Wildman–Crippen LogP) is 4.84. The van der Waals surface area contributed by atoms with Gasteiger partial charge in [0.15, 0.2) is 0 Å². The Hall–Kier alpha value is -4.33. The first-order valence-electron chi connectivity index (χ1n) is 10.6. The molecule has 3 aromatic rings. The van der Waals surface area contributed by atoms with Crippen LogP contribution in [-0.4, -0.2) is 30.1 Å². The van der Waals surface area contributed by atoms with E-state index in [9.17, 15) is 14.0 Å². The Morgan fingerprint density at radius 3 is 2.68 bits per heavy atom. The van der Waals surface area contributed by atoms with Crippen LogP contribution in [0.4, 0.5) is 10.2 Å². The molecule has 0 fully saturated rings. The van der Waals surface area contributed by atoms with E-state index in [0.29, 0.717) is 39.6 Å². The highest BCUT2D eigenvalue weighted by molar-refractivity contribution is 6.17. The van der Waals surface area contributed by atoms with E-state index < -0.39 is 0 Å². The van der Waals surface area contributed by atoms with Crippen LogP contribution < -0.4 is 15.4 Å². The van der Waals surface area contributed by atoms with Gasteiger partial charge in [-0.05, 0) is 49.7 Å². The SMILES string of the molecule is C/C=C(\C=NC)C(=O)Nc1cc(Oc2cccc(C(=O)NCc3cccc(F)c3)c2C)ccn1. The maximum Gasteiger partial charge on any atom is 0.258 e. The van der Waals surface area contributed by atoms with Crippen molar-refractivity contribution in [2.45, 2.75) is 20.4 Å². The van der Waals surface area contributed by atoms with Crippen molar-refractivity contribution in [2.24, 2.45) is 4.99 Å². The minimum Gasteiger partial charge on any atom is -0.457 e. The fourth-order valence-electron chi connectivity index (χ4n) is 3.16. The van der Waals surface area contributed by atoms with Gasteiger partial charge in [-0.1, -0.05) is 24.3 Å². The average Bonchev–Trinajstić information content (AvgIpc) is 2.82. The monoisotopic (exact) mass is 460 g/mol. The first-order valence-corrected chi connectivity index (χ1v) is 10.6. The number of allylic oxidation sites excluding steroid dienone is 1. The third kappa shape index (κ3) is 6.35. The number of nitrogens with one attached hydrogen (secondary N) is 2. The normalized spacial score (nSPS) is 11.4. The van der Waals surface area contributed by atoms with Gasteiger partial charge in [-0.2, -0.15) is 0 Å². The van der Waals surface area contributed by atoms with Crippen molar-refractivity contribution in [3.63, 3.8) is 0 Å². The highest BCUT2D eigenvalue weighted by Gasteiger charge is 2.14. The zero-order chi connectivity index (χ0) is 24.5. The number of carbonyl (C=O) groups is 2. The van der Waals surface area contributed by atoms with Crippen LogP contribution >= 0.6 is 0 Å². The number of pyridine rings is 1. The quantitative estimate of drug-likeness (QED) is 0.372. The molecule has 174 valence electrons. The molecule has 0 bridgehead atoms. The number of rotatable bonds is 8. The molecule has 0 unspecified atom stereocenters. The van der Waals surface area contributed by atoms with Gasteiger partial charge >= 0.3 is 0 Å². The molecule has 0 radical (unpaired) electrons. The highest BCUT2D eigenvalue weighted by atomic mass is 19.1. The number of amides is 2. The topological polar surface area (TPSA) is 92.7 Å². The molecule has 8 heteroatoms. The number of anilines is 1. The summed E-state index contributed by atoms with van der Waals surface area (Å²) in [5.41, 5.74) is 2.14. The third-order valence-corrected chi connectivity index (χ3v) is 4.91. The number of hydrogen-bond donors (Lipinski definition) is 2. The number of nitrogens with zero attached hydrogens (tertiary/aromatic N) is 2. The van der Waals surface area contributed by atoms with Crippen LogP contribution in [0.15, 0.2) is 77.4 Å². The van der Waals surface area contributed by atoms with Crippen LogP contribution in [0.3, 0.4) is 0 Å². The van der Waals surface area contributed by atoms with E-state index in [1.165, 1.54) is 24.5 Å². The van der Waals surface area contributed by atoms with Gasteiger partial charge in [0.25, 0.3) is 11.8 Å². The lowest BCUT2D eigenvalue weighted by Gasteiger charge is -2.13. The molecule has 2 N–H and O–H groups in total. The minimum atomic E-state index is -0.355. The van der Waals surface area contributed by atoms with Crippen molar-refractivity contribution in [3.05, 3.63) is 95.0 Å². The number of carbonyl (C=O) groups excluding carboxylic acids is 2. The van der Waals surface area contributed by atoms with Crippen LogP contribution in [0.5, 0.6) is 11.5 Å². The van der Waals surface area contributed by atoms with Gasteiger partial charge in [0, 0.05) is 43.2 Å². The Bertz CT molecular complexity index is 1250. The second-order valence-corrected chi connectivity index (χ2v) is 7.31. The van der Waals surface area contributed by atoms with E-state index >= 15 is 0 Å². The lowest BCUT2D eigenvalue weighted by Crippen LogP contribution is -2.23. The molecule has 0 saturated heterocycles. The molecule has 0 atom stereocenters. The van der Waals surface area contributed by atoms with E-state index in [4.69, 9.17) is 4.74 Å². The molecule has 3 rings (SSSR count). The Balaban J connectivity index is 1.72. The Morgan fingerprint density at radius 1 is 1.15 bits per heavy atom. The number of halogens is 1. The summed E-state index contributed by atoms with van der Waals surface area (Å²) < 4.78 is 19.3. The van der Waals surface area contributed by atoms with Crippen molar-refractivity contribution < 1.29 is 18.7 Å². The zero-order valence-corrected chi connectivity index (χ0v) is 19.1. The number of benzene rings is 2. The summed E-state index contributed by atoms with van der Waals surface area (Å²) in [6.07, 6.45) is 4.62. The van der Waals surface area contributed by atoms with Gasteiger partial charge < -0.3 is 15.4 Å². The van der Waals surface area contributed by atoms with Crippen molar-refractivity contribution in [1.82, 2.24) is 10.3 Å². The van der Waals surface area contributed by atoms with Crippen LogP contribution in [0.2, 0.25) is 0 Å². The molecule has 2 aromatic carbocycles. The van der Waals surface area contributed by atoms with Crippen molar-refractivity contribution in [1.29, 1.82) is 0 Å². The lowest BCUT2D eigenvalue weighted by atomic mass is 10.1. The zero-order valence-electron chi connectivity index (χ0n) is 19.1. The van der Waals surface area contributed by atoms with Gasteiger partial charge in [0.2, 0.25) is 0 Å². The number of ether oxygens (including phenoxy) is 1. The Morgan fingerprint density at radius 2 is 1.94 bits per heavy atom. The van der Waals surface area contributed by atoms with Crippen LogP contribution in [-0.2, 0) is 11.3 Å². The van der Waals surface area contributed by atoms with E-state index in [-0.39, 0.29) is 24.2 Å². The molecule has 1 aromatic heterocycles. The average molecular weight is 461 g/mol. The molecule has 0 aliphatic heterocycles. The van der Waals surface area contributed by atoms with Gasteiger partial charge in [-0.15, -0.1) is 0 Å². The summed E-state index contributed by atoms with van der Waals surface area (Å²) in [6, 6.07) is 14.4. The second-order valence-electron chi connectivity index (χ2n) is 7.31. The Labute approximate surface area is 197 Å². The largest absolute Gasteiger partial charge is 0.457 e. The summed E-state index contributed by atoms with van der Waals surface area (Å²) in [5.74, 6) is 0.239. The van der Waals surface area contributed by atoms with Gasteiger partial charge in [0.05, 0.1) is 5.57 Å². The molecular formula is C26H25FN4O3. The Kier molecular flexibility index (Phi) is 8.23. The second kappa shape index (κ2) is 11.5. The molecule has 2 amide bonds. The van der Waals surface area contributed by atoms with Crippen LogP contribution in [0.25, 0.3) is 0 Å². The smallest absolute Gasteiger partial charge is 0.258 e. The summed E-state index contributed by atoms with van der Waals surface area (Å²) in [4.78, 5) is 33.1. The first-order chi connectivity index (χ1) is 16.4. The molecule has 1 heterocycles. The fourth-order valence-corrected chi connectivity index (χ4v) is 3.16. The van der Waals surface area contributed by atoms with Gasteiger partial charge in [0.1, 0.15) is 23.1 Å². The highest BCUT2D eigenvalue weighted by Crippen LogP contribution is 2.28. The standard InChI is InChI=1S/C26H25FN4O3/c1-4-19(16-28-3)25(32)31-24-14-21(11-12-29-24)34-23-10-6-9-22(17(23)2)26(33)30-15-18-7-5-8-20(27)13-18/h4-14,16H,15H2,1-3H3,(H,30,33)(H,29,31,32)/b19-4+,28-16?. The molecule has 0 spiro atoms. The minimum absolute atomic E-state index is 0.200. The van der Waals surface area contributed by atoms with Crippen molar-refractivity contribution in [2.75, 3.05) is 12.4 Å². The van der Waals surface area contributed by atoms with Crippen molar-refractivity contribution in [3.8, 4) is 11.5 Å². The van der Waals surface area contributed by atoms with E-state index in [2.05, 4.69) is 20.6 Å². The maximum atomic E-state index is 13.4. The number of aromatic nitrogens is 1. The molecule has 0 aliphatic rings. The fraction of sp³-hybridized carbons (Fsp3) is 0.154. The predicted molar refractivity (Wildman–Crippen MR) is 130 cm³/mol. The summed E-state index contributed by atoms with van der Waals surface area (Å²) in [5, 5.41) is 5.50. The van der Waals surface area contributed by atoms with E-state index in [1.807, 2.05) is 0 Å². The molecule has 0 aliphatic carbocycles. The summed E-state index contributed by atoms with van der Waals surface area (Å²) >= 11 is 0. The van der Waals surface area contributed by atoms with Gasteiger partial charge in [-0.3, -0.25) is 14.6 Å². The van der Waals surface area contributed by atoms with E-state index in [0.717, 1.165) is 0 Å². The maximum absolute atomic E-state index is 13.4. The van der Waals surface area contributed by atoms with Crippen LogP contribution in [0, 0.1) is 12.7 Å². The van der Waals surface area contributed by atoms with Crippen LogP contribution in [0.1, 0.15) is 28.4 Å². The summed E-state index contributed by atoms with van der Waals surface area (Å²) in [6.45, 7) is 3.72. The van der Waals surface area contributed by atoms with E-state index in [1.54, 1.807) is 69.4 Å². The third-order valence-electron chi connectivity index (χ3n) is 4.91. The summed E-state index contributed by atoms with van der Waals surface area (Å²) in [7, 11) is 1.59. The van der Waals surface area contributed by atoms with Crippen molar-refractivity contribution >= 4 is 23.8 Å². The number of aliphatic imine (C=N–C) groups is 1. The lowest BCUT2D eigenvalue weighted by molar-refractivity contribution is -0.112. The molecule has 7 nitrogen and oxygen atoms in total. The molecule has 34 heavy (non-hydrogen) atoms.